The van der Waals surface area contributed by atoms with E-state index in [0.29, 0.717) is 0 Å². The summed E-state index contributed by atoms with van der Waals surface area (Å²) in [7, 11) is 1.88. The van der Waals surface area contributed by atoms with Crippen molar-refractivity contribution in [3.8, 4) is 0 Å². The van der Waals surface area contributed by atoms with Crippen LogP contribution in [0.25, 0.3) is 0 Å². The fourth-order valence-electron chi connectivity index (χ4n) is 1.35. The van der Waals surface area contributed by atoms with Gasteiger partial charge in [-0.2, -0.15) is 10.2 Å². The molecule has 2 aromatic rings. The fraction of sp³-hybridized carbons (Fsp3) is 0.200. The number of nitrogens with zero attached hydrogens (tertiary/aromatic N) is 2. The molecule has 100 valence electrons. The first-order valence-electron chi connectivity index (χ1n) is 6.33. The fourth-order valence-corrected chi connectivity index (χ4v) is 1.35. The average molecular weight is 256 g/mol. The zero-order chi connectivity index (χ0) is 14.1. The van der Waals surface area contributed by atoms with Crippen LogP contribution in [0.5, 0.6) is 0 Å². The minimum Gasteiger partial charge on any atom is -0.399 e. The molecule has 0 aliphatic rings. The summed E-state index contributed by atoms with van der Waals surface area (Å²) in [5.41, 5.74) is 8.97. The molecule has 2 aromatic carbocycles. The Labute approximate surface area is 114 Å². The molecule has 0 bridgehead atoms. The second kappa shape index (κ2) is 7.87. The Bertz CT molecular complexity index is 501. The van der Waals surface area contributed by atoms with Crippen molar-refractivity contribution in [2.24, 2.45) is 10.2 Å². The molecule has 19 heavy (non-hydrogen) atoms. The van der Waals surface area contributed by atoms with Crippen LogP contribution in [0, 0.1) is 0 Å². The molecule has 0 aromatic heterocycles. The molecule has 4 heteroatoms. The number of hydrogen-bond acceptors (Lipinski definition) is 4. The van der Waals surface area contributed by atoms with Gasteiger partial charge in [-0.3, -0.25) is 0 Å². The van der Waals surface area contributed by atoms with Crippen molar-refractivity contribution in [3.05, 3.63) is 48.5 Å². The molecule has 0 fully saturated rings. The van der Waals surface area contributed by atoms with Crippen molar-refractivity contribution >= 4 is 22.7 Å². The predicted molar refractivity (Wildman–Crippen MR) is 82.4 cm³/mol. The first kappa shape index (κ1) is 14.7. The standard InChI is InChI=1S/C13H14N4.C2H6/c1-15-11-6-8-13(9-7-11)17-16-12-4-2-10(14)3-5-12;1-2/h2-9,15H,14H2,1H3;1-2H3. The third-order valence-electron chi connectivity index (χ3n) is 2.33. The van der Waals surface area contributed by atoms with Gasteiger partial charge in [-0.05, 0) is 48.5 Å². The van der Waals surface area contributed by atoms with E-state index in [2.05, 4.69) is 15.5 Å². The molecule has 0 aliphatic heterocycles. The molecular weight excluding hydrogens is 236 g/mol. The second-order valence-electron chi connectivity index (χ2n) is 3.59. The number of nitrogens with two attached hydrogens (primary N) is 1. The highest BCUT2D eigenvalue weighted by Gasteiger charge is 1.92. The molecule has 4 nitrogen and oxygen atoms in total. The smallest absolute Gasteiger partial charge is 0.0858 e. The highest BCUT2D eigenvalue weighted by Crippen LogP contribution is 2.20. The number of azo groups is 1. The van der Waals surface area contributed by atoms with Gasteiger partial charge in [-0.25, -0.2) is 0 Å². The molecule has 3 N–H and O–H groups in total. The molecular formula is C15H20N4. The number of rotatable bonds is 3. The van der Waals surface area contributed by atoms with E-state index in [1.54, 1.807) is 12.1 Å². The van der Waals surface area contributed by atoms with Crippen LogP contribution in [-0.4, -0.2) is 7.05 Å². The van der Waals surface area contributed by atoms with Crippen LogP contribution < -0.4 is 11.1 Å². The summed E-state index contributed by atoms with van der Waals surface area (Å²) in [5, 5.41) is 11.3. The summed E-state index contributed by atoms with van der Waals surface area (Å²) in [6.45, 7) is 4.00. The van der Waals surface area contributed by atoms with E-state index in [9.17, 15) is 0 Å². The van der Waals surface area contributed by atoms with Crippen molar-refractivity contribution in [1.29, 1.82) is 0 Å². The third kappa shape index (κ3) is 4.79. The Morgan fingerprint density at radius 1 is 0.789 bits per heavy atom. The Morgan fingerprint density at radius 3 is 1.63 bits per heavy atom. The topological polar surface area (TPSA) is 62.8 Å². The van der Waals surface area contributed by atoms with Gasteiger partial charge in [0.15, 0.2) is 0 Å². The Morgan fingerprint density at radius 2 is 1.21 bits per heavy atom. The monoisotopic (exact) mass is 256 g/mol. The van der Waals surface area contributed by atoms with Crippen LogP contribution in [0.1, 0.15) is 13.8 Å². The van der Waals surface area contributed by atoms with Crippen LogP contribution in [-0.2, 0) is 0 Å². The summed E-state index contributed by atoms with van der Waals surface area (Å²) in [4.78, 5) is 0. The maximum Gasteiger partial charge on any atom is 0.0858 e. The van der Waals surface area contributed by atoms with Crippen LogP contribution in [0.3, 0.4) is 0 Å². The normalized spacial score (nSPS) is 9.84. The first-order chi connectivity index (χ1) is 9.28. The largest absolute Gasteiger partial charge is 0.399 e. The van der Waals surface area contributed by atoms with Gasteiger partial charge in [-0.15, -0.1) is 0 Å². The van der Waals surface area contributed by atoms with Crippen molar-refractivity contribution in [3.63, 3.8) is 0 Å². The summed E-state index contributed by atoms with van der Waals surface area (Å²) >= 11 is 0. The van der Waals surface area contributed by atoms with Gasteiger partial charge in [-0.1, -0.05) is 13.8 Å². The zero-order valence-corrected chi connectivity index (χ0v) is 11.6. The van der Waals surface area contributed by atoms with E-state index < -0.39 is 0 Å². The molecule has 0 unspecified atom stereocenters. The van der Waals surface area contributed by atoms with E-state index in [1.165, 1.54) is 0 Å². The first-order valence-corrected chi connectivity index (χ1v) is 6.33. The molecule has 0 saturated heterocycles. The zero-order valence-electron chi connectivity index (χ0n) is 11.6. The number of nitrogens with one attached hydrogen (secondary N) is 1. The predicted octanol–water partition coefficient (Wildman–Crippen LogP) is 4.75. The third-order valence-corrected chi connectivity index (χ3v) is 2.33. The van der Waals surface area contributed by atoms with Crippen LogP contribution in [0.2, 0.25) is 0 Å². The quantitative estimate of drug-likeness (QED) is 0.614. The Balaban J connectivity index is 0.000000861. The van der Waals surface area contributed by atoms with Crippen molar-refractivity contribution in [2.45, 2.75) is 13.8 Å². The Hall–Kier alpha value is -2.36. The van der Waals surface area contributed by atoms with E-state index in [-0.39, 0.29) is 0 Å². The van der Waals surface area contributed by atoms with E-state index >= 15 is 0 Å². The van der Waals surface area contributed by atoms with Crippen LogP contribution in [0.4, 0.5) is 22.7 Å². The molecule has 0 heterocycles. The van der Waals surface area contributed by atoms with Gasteiger partial charge in [0.2, 0.25) is 0 Å². The number of hydrogen-bond donors (Lipinski definition) is 2. The average Bonchev–Trinajstić information content (AvgIpc) is 2.49. The van der Waals surface area contributed by atoms with E-state index in [0.717, 1.165) is 22.7 Å². The summed E-state index contributed by atoms with van der Waals surface area (Å²) in [6.07, 6.45) is 0. The van der Waals surface area contributed by atoms with Gasteiger partial charge in [0, 0.05) is 18.4 Å². The molecule has 0 atom stereocenters. The number of nitrogen functional groups attached to an aromatic ring is 1. The highest BCUT2D eigenvalue weighted by atomic mass is 15.1. The maximum atomic E-state index is 5.59. The molecule has 0 radical (unpaired) electrons. The molecule has 0 saturated carbocycles. The SMILES string of the molecule is CC.CNc1ccc(N=Nc2ccc(N)cc2)cc1. The lowest BCUT2D eigenvalue weighted by Crippen LogP contribution is -1.85. The minimum atomic E-state index is 0.724. The van der Waals surface area contributed by atoms with Gasteiger partial charge in [0.05, 0.1) is 11.4 Å². The van der Waals surface area contributed by atoms with Gasteiger partial charge >= 0.3 is 0 Å². The highest BCUT2D eigenvalue weighted by molar-refractivity contribution is 5.51. The van der Waals surface area contributed by atoms with Gasteiger partial charge < -0.3 is 11.1 Å². The lowest BCUT2D eigenvalue weighted by Gasteiger charge is -1.98. The summed E-state index contributed by atoms with van der Waals surface area (Å²) in [6, 6.07) is 15.0. The van der Waals surface area contributed by atoms with Crippen molar-refractivity contribution in [1.82, 2.24) is 0 Å². The van der Waals surface area contributed by atoms with Crippen molar-refractivity contribution in [2.75, 3.05) is 18.1 Å². The molecule has 0 amide bonds. The maximum absolute atomic E-state index is 5.59. The van der Waals surface area contributed by atoms with E-state index in [1.807, 2.05) is 57.3 Å². The summed E-state index contributed by atoms with van der Waals surface area (Å²) < 4.78 is 0. The molecule has 2 rings (SSSR count). The van der Waals surface area contributed by atoms with Crippen molar-refractivity contribution < 1.29 is 0 Å². The summed E-state index contributed by atoms with van der Waals surface area (Å²) in [5.74, 6) is 0. The number of anilines is 2. The number of benzene rings is 2. The molecule has 0 aliphatic carbocycles. The van der Waals surface area contributed by atoms with Gasteiger partial charge in [0.1, 0.15) is 0 Å². The molecule has 0 spiro atoms. The second-order valence-corrected chi connectivity index (χ2v) is 3.59. The lowest BCUT2D eigenvalue weighted by molar-refractivity contribution is 1.23. The lowest BCUT2D eigenvalue weighted by atomic mass is 10.3. The minimum absolute atomic E-state index is 0.724. The van der Waals surface area contributed by atoms with Crippen LogP contribution in [0.15, 0.2) is 58.8 Å². The van der Waals surface area contributed by atoms with E-state index in [4.69, 9.17) is 5.73 Å². The Kier molecular flexibility index (Phi) is 6.09. The van der Waals surface area contributed by atoms with Gasteiger partial charge in [0.25, 0.3) is 0 Å². The van der Waals surface area contributed by atoms with Crippen LogP contribution >= 0.6 is 0 Å².